The second-order valence-corrected chi connectivity index (χ2v) is 8.58. The predicted molar refractivity (Wildman–Crippen MR) is 85.4 cm³/mol. The van der Waals surface area contributed by atoms with E-state index in [2.05, 4.69) is 13.8 Å². The first-order valence-corrected chi connectivity index (χ1v) is 8.50. The summed E-state index contributed by atoms with van der Waals surface area (Å²) in [5.74, 6) is 1.19. The number of thiocarbonyl (C=S) groups is 1. The van der Waals surface area contributed by atoms with Crippen LogP contribution in [0.15, 0.2) is 0 Å². The van der Waals surface area contributed by atoms with E-state index in [0.29, 0.717) is 4.99 Å². The molecule has 1 saturated heterocycles. The topological polar surface area (TPSA) is 46.3 Å². The number of nitrogens with two attached hydrogens (primary N) is 1. The molecular weight excluding hydrogens is 276 g/mol. The Morgan fingerprint density at radius 2 is 1.89 bits per heavy atom. The molecule has 2 rings (SSSR count). The molecule has 1 amide bonds. The lowest BCUT2D eigenvalue weighted by Gasteiger charge is -2.44. The summed E-state index contributed by atoms with van der Waals surface area (Å²) in [4.78, 5) is 15.4. The van der Waals surface area contributed by atoms with E-state index in [1.807, 2.05) is 16.7 Å². The smallest absolute Gasteiger partial charge is 0.235 e. The van der Waals surface area contributed by atoms with E-state index in [1.165, 1.54) is 6.42 Å². The van der Waals surface area contributed by atoms with Crippen LogP contribution >= 0.6 is 24.0 Å². The van der Waals surface area contributed by atoms with Crippen LogP contribution in [0.2, 0.25) is 0 Å². The maximum Gasteiger partial charge on any atom is 0.235 e. The van der Waals surface area contributed by atoms with Gasteiger partial charge in [0.15, 0.2) is 0 Å². The summed E-state index contributed by atoms with van der Waals surface area (Å²) in [5, 5.41) is 0. The van der Waals surface area contributed by atoms with Crippen LogP contribution in [-0.4, -0.2) is 39.4 Å². The molecule has 0 aromatic carbocycles. The van der Waals surface area contributed by atoms with Crippen molar-refractivity contribution in [3.63, 3.8) is 0 Å². The molecule has 1 saturated carbocycles. The van der Waals surface area contributed by atoms with Crippen LogP contribution in [0.5, 0.6) is 0 Å². The number of thioether (sulfide) groups is 1. The zero-order valence-electron chi connectivity index (χ0n) is 11.9. The fraction of sp³-hybridized carbons (Fsp3) is 0.857. The Labute approximate surface area is 125 Å². The minimum absolute atomic E-state index is 0.139. The molecular formula is C14H24N2OS2. The molecule has 2 N–H and O–H groups in total. The summed E-state index contributed by atoms with van der Waals surface area (Å²) >= 11 is 7.19. The molecule has 0 atom stereocenters. The van der Waals surface area contributed by atoms with Crippen molar-refractivity contribution in [2.75, 3.05) is 18.8 Å². The molecule has 0 unspecified atom stereocenters. The Morgan fingerprint density at radius 3 is 2.42 bits per heavy atom. The summed E-state index contributed by atoms with van der Waals surface area (Å²) in [7, 11) is 0. The van der Waals surface area contributed by atoms with Crippen molar-refractivity contribution in [1.82, 2.24) is 4.90 Å². The van der Waals surface area contributed by atoms with Gasteiger partial charge in [0, 0.05) is 23.6 Å². The van der Waals surface area contributed by atoms with Gasteiger partial charge in [0.25, 0.3) is 0 Å². The largest absolute Gasteiger partial charge is 0.392 e. The van der Waals surface area contributed by atoms with Crippen LogP contribution < -0.4 is 5.73 Å². The molecule has 2 aliphatic rings. The van der Waals surface area contributed by atoms with E-state index < -0.39 is 5.41 Å². The third-order valence-corrected chi connectivity index (χ3v) is 5.99. The summed E-state index contributed by atoms with van der Waals surface area (Å²) < 4.78 is 0.139. The number of hydrogen-bond acceptors (Lipinski definition) is 3. The third kappa shape index (κ3) is 3.07. The molecule has 0 radical (unpaired) electrons. The second-order valence-electron chi connectivity index (χ2n) is 6.34. The van der Waals surface area contributed by atoms with Crippen LogP contribution in [-0.2, 0) is 4.79 Å². The lowest BCUT2D eigenvalue weighted by molar-refractivity contribution is -0.140. The quantitative estimate of drug-likeness (QED) is 0.796. The number of rotatable bonds is 2. The SMILES string of the molecule is CC1(C)CN(C(=O)C2(C(N)=S)CCCCC2)CCS1. The number of hydrogen-bond donors (Lipinski definition) is 1. The lowest BCUT2D eigenvalue weighted by atomic mass is 9.72. The van der Waals surface area contributed by atoms with Gasteiger partial charge in [0.05, 0.1) is 10.4 Å². The van der Waals surface area contributed by atoms with Crippen LogP contribution in [0.4, 0.5) is 0 Å². The zero-order valence-corrected chi connectivity index (χ0v) is 13.5. The normalized spacial score (nSPS) is 25.9. The highest BCUT2D eigenvalue weighted by Crippen LogP contribution is 2.40. The molecule has 0 aromatic rings. The van der Waals surface area contributed by atoms with E-state index in [4.69, 9.17) is 18.0 Å². The number of amides is 1. The predicted octanol–water partition coefficient (Wildman–Crippen LogP) is 2.58. The summed E-state index contributed by atoms with van der Waals surface area (Å²) in [6.45, 7) is 6.04. The van der Waals surface area contributed by atoms with Crippen LogP contribution in [0.1, 0.15) is 46.0 Å². The van der Waals surface area contributed by atoms with E-state index >= 15 is 0 Å². The second kappa shape index (κ2) is 5.60. The van der Waals surface area contributed by atoms with Gasteiger partial charge in [-0.25, -0.2) is 0 Å². The first kappa shape index (κ1) is 15.1. The van der Waals surface area contributed by atoms with Crippen molar-refractivity contribution >= 4 is 34.9 Å². The number of nitrogens with zero attached hydrogens (tertiary/aromatic N) is 1. The third-order valence-electron chi connectivity index (χ3n) is 4.30. The van der Waals surface area contributed by atoms with Gasteiger partial charge in [-0.05, 0) is 26.7 Å². The molecule has 108 valence electrons. The minimum atomic E-state index is -0.550. The van der Waals surface area contributed by atoms with E-state index in [0.717, 1.165) is 44.5 Å². The van der Waals surface area contributed by atoms with Gasteiger partial charge in [-0.15, -0.1) is 0 Å². The number of carbonyl (C=O) groups is 1. The van der Waals surface area contributed by atoms with Gasteiger partial charge < -0.3 is 10.6 Å². The van der Waals surface area contributed by atoms with Crippen molar-refractivity contribution < 1.29 is 4.79 Å². The fourth-order valence-corrected chi connectivity index (χ4v) is 4.62. The highest BCUT2D eigenvalue weighted by atomic mass is 32.2. The molecule has 3 nitrogen and oxygen atoms in total. The first-order chi connectivity index (χ1) is 8.87. The molecule has 5 heteroatoms. The van der Waals surface area contributed by atoms with Crippen LogP contribution in [0.25, 0.3) is 0 Å². The maximum atomic E-state index is 13.0. The molecule has 0 bridgehead atoms. The van der Waals surface area contributed by atoms with Gasteiger partial charge in [0.1, 0.15) is 0 Å². The van der Waals surface area contributed by atoms with Crippen molar-refractivity contribution in [1.29, 1.82) is 0 Å². The highest BCUT2D eigenvalue weighted by molar-refractivity contribution is 8.00. The van der Waals surface area contributed by atoms with Gasteiger partial charge in [-0.1, -0.05) is 31.5 Å². The van der Waals surface area contributed by atoms with Crippen molar-refractivity contribution in [2.45, 2.75) is 50.7 Å². The molecule has 1 heterocycles. The monoisotopic (exact) mass is 300 g/mol. The Balaban J connectivity index is 2.18. The van der Waals surface area contributed by atoms with Crippen molar-refractivity contribution in [3.8, 4) is 0 Å². The number of carbonyl (C=O) groups excluding carboxylic acids is 1. The Bertz CT molecular complexity index is 376. The molecule has 19 heavy (non-hydrogen) atoms. The average molecular weight is 300 g/mol. The van der Waals surface area contributed by atoms with Crippen molar-refractivity contribution in [3.05, 3.63) is 0 Å². The van der Waals surface area contributed by atoms with Crippen molar-refractivity contribution in [2.24, 2.45) is 11.1 Å². The summed E-state index contributed by atoms with van der Waals surface area (Å²) in [5.41, 5.74) is 5.41. The van der Waals surface area contributed by atoms with Gasteiger partial charge in [0.2, 0.25) is 5.91 Å². The highest BCUT2D eigenvalue weighted by Gasteiger charge is 2.46. The first-order valence-electron chi connectivity index (χ1n) is 7.11. The molecule has 0 aromatic heterocycles. The standard InChI is InChI=1S/C14H24N2OS2/c1-13(2)10-16(8-9-19-13)12(17)14(11(15)18)6-4-3-5-7-14/h3-10H2,1-2H3,(H2,15,18). The van der Waals surface area contributed by atoms with E-state index in [9.17, 15) is 4.79 Å². The average Bonchev–Trinajstić information content (AvgIpc) is 2.37. The Hall–Kier alpha value is -0.290. The van der Waals surface area contributed by atoms with Gasteiger partial charge in [-0.2, -0.15) is 11.8 Å². The van der Waals surface area contributed by atoms with E-state index in [1.54, 1.807) is 0 Å². The zero-order chi connectivity index (χ0) is 14.1. The summed E-state index contributed by atoms with van der Waals surface area (Å²) in [6, 6.07) is 0. The lowest BCUT2D eigenvalue weighted by Crippen LogP contribution is -2.56. The van der Waals surface area contributed by atoms with E-state index in [-0.39, 0.29) is 10.7 Å². The van der Waals surface area contributed by atoms with Crippen LogP contribution in [0.3, 0.4) is 0 Å². The minimum Gasteiger partial charge on any atom is -0.392 e. The van der Waals surface area contributed by atoms with Gasteiger partial charge >= 0.3 is 0 Å². The molecule has 1 aliphatic heterocycles. The molecule has 0 spiro atoms. The van der Waals surface area contributed by atoms with Crippen LogP contribution in [0, 0.1) is 5.41 Å². The maximum absolute atomic E-state index is 13.0. The summed E-state index contributed by atoms with van der Waals surface area (Å²) in [6.07, 6.45) is 5.00. The molecule has 2 fully saturated rings. The Kier molecular flexibility index (Phi) is 4.45. The molecule has 1 aliphatic carbocycles. The fourth-order valence-electron chi connectivity index (χ4n) is 3.21. The Morgan fingerprint density at radius 1 is 1.26 bits per heavy atom. The van der Waals surface area contributed by atoms with Gasteiger partial charge in [-0.3, -0.25) is 4.79 Å².